The molecule has 3 heteroatoms. The molecule has 0 bridgehead atoms. The van der Waals surface area contributed by atoms with E-state index in [1.54, 1.807) is 0 Å². The van der Waals surface area contributed by atoms with Crippen molar-refractivity contribution in [3.05, 3.63) is 35.4 Å². The second-order valence-electron chi connectivity index (χ2n) is 6.37. The van der Waals surface area contributed by atoms with Crippen LogP contribution in [-0.2, 0) is 6.54 Å². The molecule has 0 spiro atoms. The Kier molecular flexibility index (Phi) is 4.71. The zero-order valence-corrected chi connectivity index (χ0v) is 12.6. The number of hydrogen-bond donors (Lipinski definition) is 1. The molecular weight excluding hydrogens is 246 g/mol. The fraction of sp³-hybridized carbons (Fsp3) is 0.647. The minimum atomic E-state index is 0.872. The summed E-state index contributed by atoms with van der Waals surface area (Å²) in [6.45, 7) is 12.0. The van der Waals surface area contributed by atoms with E-state index in [-0.39, 0.29) is 0 Å². The van der Waals surface area contributed by atoms with Gasteiger partial charge in [-0.15, -0.1) is 0 Å². The van der Waals surface area contributed by atoms with Crippen LogP contribution in [0.25, 0.3) is 0 Å². The summed E-state index contributed by atoms with van der Waals surface area (Å²) in [6.07, 6.45) is 1.37. The lowest BCUT2D eigenvalue weighted by atomic mass is 10.1. The van der Waals surface area contributed by atoms with Crippen molar-refractivity contribution < 1.29 is 0 Å². The van der Waals surface area contributed by atoms with Crippen LogP contribution in [-0.4, -0.2) is 55.6 Å². The zero-order valence-electron chi connectivity index (χ0n) is 12.6. The first-order valence-corrected chi connectivity index (χ1v) is 8.01. The summed E-state index contributed by atoms with van der Waals surface area (Å²) < 4.78 is 0. The van der Waals surface area contributed by atoms with Gasteiger partial charge in [-0.2, -0.15) is 0 Å². The van der Waals surface area contributed by atoms with Gasteiger partial charge in [0, 0.05) is 45.8 Å². The largest absolute Gasteiger partial charge is 0.314 e. The van der Waals surface area contributed by atoms with Gasteiger partial charge < -0.3 is 10.2 Å². The summed E-state index contributed by atoms with van der Waals surface area (Å²) in [5.41, 5.74) is 2.92. The Morgan fingerprint density at radius 2 is 1.90 bits per heavy atom. The fourth-order valence-corrected chi connectivity index (χ4v) is 3.49. The van der Waals surface area contributed by atoms with Crippen LogP contribution in [0.2, 0.25) is 0 Å². The Morgan fingerprint density at radius 3 is 2.70 bits per heavy atom. The molecule has 1 N–H and O–H groups in total. The molecule has 0 aromatic heterocycles. The van der Waals surface area contributed by atoms with Gasteiger partial charge in [0.2, 0.25) is 0 Å². The van der Waals surface area contributed by atoms with Gasteiger partial charge in [-0.1, -0.05) is 24.3 Å². The number of nitrogens with one attached hydrogen (secondary N) is 1. The predicted octanol–water partition coefficient (Wildman–Crippen LogP) is 1.72. The van der Waals surface area contributed by atoms with Gasteiger partial charge in [-0.25, -0.2) is 0 Å². The van der Waals surface area contributed by atoms with Gasteiger partial charge in [0.25, 0.3) is 0 Å². The van der Waals surface area contributed by atoms with E-state index in [0.717, 1.165) is 12.5 Å². The fourth-order valence-electron chi connectivity index (χ4n) is 3.49. The zero-order chi connectivity index (χ0) is 13.8. The highest BCUT2D eigenvalue weighted by atomic mass is 15.2. The molecule has 0 saturated carbocycles. The Labute approximate surface area is 123 Å². The minimum absolute atomic E-state index is 0.872. The van der Waals surface area contributed by atoms with Crippen molar-refractivity contribution in [3.63, 3.8) is 0 Å². The number of hydrogen-bond acceptors (Lipinski definition) is 3. The molecule has 1 aromatic carbocycles. The molecule has 0 amide bonds. The lowest BCUT2D eigenvalue weighted by Gasteiger charge is -2.29. The topological polar surface area (TPSA) is 18.5 Å². The Hall–Kier alpha value is -0.900. The molecule has 2 heterocycles. The van der Waals surface area contributed by atoms with Crippen LogP contribution in [0.5, 0.6) is 0 Å². The highest BCUT2D eigenvalue weighted by molar-refractivity contribution is 5.25. The van der Waals surface area contributed by atoms with Crippen molar-refractivity contribution in [2.24, 2.45) is 5.92 Å². The van der Waals surface area contributed by atoms with Crippen LogP contribution < -0.4 is 5.32 Å². The van der Waals surface area contributed by atoms with Crippen molar-refractivity contribution in [2.45, 2.75) is 19.9 Å². The summed E-state index contributed by atoms with van der Waals surface area (Å²) in [6, 6.07) is 8.80. The van der Waals surface area contributed by atoms with E-state index in [1.807, 2.05) is 0 Å². The first-order valence-electron chi connectivity index (χ1n) is 8.01. The van der Waals surface area contributed by atoms with E-state index in [9.17, 15) is 0 Å². The van der Waals surface area contributed by atoms with Crippen LogP contribution in [0.3, 0.4) is 0 Å². The molecule has 110 valence electrons. The average Bonchev–Trinajstić information content (AvgIpc) is 2.90. The molecule has 2 aliphatic rings. The molecule has 2 fully saturated rings. The average molecular weight is 273 g/mol. The molecule has 1 aromatic rings. The van der Waals surface area contributed by atoms with Gasteiger partial charge in [0.15, 0.2) is 0 Å². The summed E-state index contributed by atoms with van der Waals surface area (Å²) in [5.74, 6) is 0.872. The quantitative estimate of drug-likeness (QED) is 0.901. The van der Waals surface area contributed by atoms with Gasteiger partial charge >= 0.3 is 0 Å². The van der Waals surface area contributed by atoms with Crippen molar-refractivity contribution in [1.29, 1.82) is 0 Å². The van der Waals surface area contributed by atoms with Crippen molar-refractivity contribution >= 4 is 0 Å². The van der Waals surface area contributed by atoms with E-state index < -0.39 is 0 Å². The molecular formula is C17H27N3. The maximum atomic E-state index is 3.44. The third-order valence-electron chi connectivity index (χ3n) is 4.75. The normalized spacial score (nSPS) is 25.1. The molecule has 0 radical (unpaired) electrons. The SMILES string of the molecule is Cc1ccccc1CN1CCC(CN2CCNCC2)C1. The standard InChI is InChI=1S/C17H27N3/c1-15-4-2-3-5-17(15)14-20-9-6-16(13-20)12-19-10-7-18-8-11-19/h2-5,16,18H,6-14H2,1H3. The molecule has 0 aliphatic carbocycles. The maximum absolute atomic E-state index is 3.44. The van der Waals surface area contributed by atoms with Crippen molar-refractivity contribution in [1.82, 2.24) is 15.1 Å². The van der Waals surface area contributed by atoms with E-state index in [2.05, 4.69) is 46.3 Å². The van der Waals surface area contributed by atoms with Crippen LogP contribution >= 0.6 is 0 Å². The van der Waals surface area contributed by atoms with Crippen molar-refractivity contribution in [3.8, 4) is 0 Å². The Bertz CT molecular complexity index is 426. The van der Waals surface area contributed by atoms with Crippen LogP contribution in [0.1, 0.15) is 17.5 Å². The van der Waals surface area contributed by atoms with Crippen LogP contribution in [0, 0.1) is 12.8 Å². The first-order chi connectivity index (χ1) is 9.81. The van der Waals surface area contributed by atoms with Gasteiger partial charge in [0.1, 0.15) is 0 Å². The highest BCUT2D eigenvalue weighted by Crippen LogP contribution is 2.21. The lowest BCUT2D eigenvalue weighted by molar-refractivity contribution is 0.202. The number of benzene rings is 1. The van der Waals surface area contributed by atoms with E-state index in [4.69, 9.17) is 0 Å². The van der Waals surface area contributed by atoms with Gasteiger partial charge in [-0.05, 0) is 36.9 Å². The van der Waals surface area contributed by atoms with E-state index in [0.29, 0.717) is 0 Å². The molecule has 20 heavy (non-hydrogen) atoms. The van der Waals surface area contributed by atoms with Crippen LogP contribution in [0.15, 0.2) is 24.3 Å². The van der Waals surface area contributed by atoms with Crippen molar-refractivity contribution in [2.75, 3.05) is 45.8 Å². The Morgan fingerprint density at radius 1 is 1.10 bits per heavy atom. The third kappa shape index (κ3) is 3.60. The number of likely N-dealkylation sites (tertiary alicyclic amines) is 1. The highest BCUT2D eigenvalue weighted by Gasteiger charge is 2.25. The second kappa shape index (κ2) is 6.70. The second-order valence-corrected chi connectivity index (χ2v) is 6.37. The number of piperazine rings is 1. The number of nitrogens with zero attached hydrogens (tertiary/aromatic N) is 2. The summed E-state index contributed by atoms with van der Waals surface area (Å²) >= 11 is 0. The molecule has 2 saturated heterocycles. The third-order valence-corrected chi connectivity index (χ3v) is 4.75. The minimum Gasteiger partial charge on any atom is -0.314 e. The molecule has 1 atom stereocenters. The smallest absolute Gasteiger partial charge is 0.0236 e. The molecule has 1 unspecified atom stereocenters. The van der Waals surface area contributed by atoms with Crippen LogP contribution in [0.4, 0.5) is 0 Å². The Balaban J connectivity index is 1.48. The summed E-state index contributed by atoms with van der Waals surface area (Å²) in [5, 5.41) is 3.44. The van der Waals surface area contributed by atoms with Gasteiger partial charge in [-0.3, -0.25) is 4.90 Å². The number of aryl methyl sites for hydroxylation is 1. The van der Waals surface area contributed by atoms with Gasteiger partial charge in [0.05, 0.1) is 0 Å². The number of rotatable bonds is 4. The summed E-state index contributed by atoms with van der Waals surface area (Å²) in [7, 11) is 0. The van der Waals surface area contributed by atoms with E-state index >= 15 is 0 Å². The molecule has 2 aliphatic heterocycles. The summed E-state index contributed by atoms with van der Waals surface area (Å²) in [4.78, 5) is 5.27. The van der Waals surface area contributed by atoms with E-state index in [1.165, 1.54) is 63.4 Å². The lowest BCUT2D eigenvalue weighted by Crippen LogP contribution is -2.45. The molecule has 3 rings (SSSR count). The monoisotopic (exact) mass is 273 g/mol. The maximum Gasteiger partial charge on any atom is 0.0236 e. The first kappa shape index (κ1) is 14.1. The predicted molar refractivity (Wildman–Crippen MR) is 83.9 cm³/mol. The molecule has 3 nitrogen and oxygen atoms in total.